The van der Waals surface area contributed by atoms with Gasteiger partial charge in [0.05, 0.1) is 17.3 Å². The van der Waals surface area contributed by atoms with Crippen LogP contribution in [0.2, 0.25) is 0 Å². The van der Waals surface area contributed by atoms with Gasteiger partial charge in [0.25, 0.3) is 5.56 Å². The summed E-state index contributed by atoms with van der Waals surface area (Å²) in [7, 11) is 0. The van der Waals surface area contributed by atoms with E-state index in [0.29, 0.717) is 29.3 Å². The maximum absolute atomic E-state index is 13.5. The van der Waals surface area contributed by atoms with E-state index in [9.17, 15) is 14.4 Å². The van der Waals surface area contributed by atoms with Crippen molar-refractivity contribution in [2.45, 2.75) is 25.3 Å². The zero-order chi connectivity index (χ0) is 18.0. The average Bonchev–Trinajstić information content (AvgIpc) is 2.59. The van der Waals surface area contributed by atoms with Crippen molar-refractivity contribution >= 4 is 21.9 Å². The number of hydrogen-bond acceptors (Lipinski definition) is 5. The summed E-state index contributed by atoms with van der Waals surface area (Å²) in [6.45, 7) is 1.38. The molecule has 0 radical (unpaired) electrons. The molecule has 1 fully saturated rings. The minimum Gasteiger partial charge on any atom is -0.341 e. The molecule has 0 bridgehead atoms. The van der Waals surface area contributed by atoms with Crippen LogP contribution in [0.15, 0.2) is 27.5 Å². The molecule has 0 amide bonds. The fraction of sp³-hybridized carbons (Fsp3) is 0.353. The number of benzene rings is 1. The number of piperidine rings is 1. The lowest BCUT2D eigenvalue weighted by Crippen LogP contribution is -2.44. The number of hydrogen-bond donors (Lipinski definition) is 2. The first kappa shape index (κ1) is 17.6. The Hall–Kier alpha value is -2.24. The monoisotopic (exact) mass is 405 g/mol. The van der Waals surface area contributed by atoms with E-state index in [-0.39, 0.29) is 22.5 Å². The Morgan fingerprint density at radius 2 is 2.32 bits per heavy atom. The van der Waals surface area contributed by atoms with Crippen molar-refractivity contribution in [1.29, 1.82) is 5.26 Å². The van der Waals surface area contributed by atoms with Crippen LogP contribution in [0, 0.1) is 17.1 Å². The van der Waals surface area contributed by atoms with E-state index in [2.05, 4.69) is 25.9 Å². The summed E-state index contributed by atoms with van der Waals surface area (Å²) in [5.74, 6) is 0.0189. The lowest BCUT2D eigenvalue weighted by atomic mass is 10.0. The van der Waals surface area contributed by atoms with Gasteiger partial charge >= 0.3 is 0 Å². The molecule has 1 atom stereocenters. The molecule has 1 aliphatic heterocycles. The molecule has 1 aromatic carbocycles. The van der Waals surface area contributed by atoms with Gasteiger partial charge in [0.15, 0.2) is 0 Å². The standard InChI is InChI=1S/C17H17BrFN5O/c18-15-14(7-11-6-12(19)4-3-10(11)8-20)22-17(23-16(15)25)24-5-1-2-13(21)9-24/h3-4,6,13H,1-2,5,7,9,21H2,(H,22,23,25)/t13-/m1/s1. The van der Waals surface area contributed by atoms with Gasteiger partial charge in [-0.3, -0.25) is 9.78 Å². The molecule has 6 nitrogen and oxygen atoms in total. The highest BCUT2D eigenvalue weighted by molar-refractivity contribution is 9.10. The Morgan fingerprint density at radius 3 is 3.04 bits per heavy atom. The second-order valence-corrected chi connectivity index (χ2v) is 6.88. The highest BCUT2D eigenvalue weighted by Gasteiger charge is 2.21. The third-order valence-corrected chi connectivity index (χ3v) is 5.04. The molecule has 0 unspecified atom stereocenters. The van der Waals surface area contributed by atoms with Crippen LogP contribution in [0.5, 0.6) is 0 Å². The Bertz CT molecular complexity index is 892. The van der Waals surface area contributed by atoms with Crippen LogP contribution >= 0.6 is 15.9 Å². The lowest BCUT2D eigenvalue weighted by molar-refractivity contribution is 0.499. The number of rotatable bonds is 3. The number of nitrogens with zero attached hydrogens (tertiary/aromatic N) is 3. The van der Waals surface area contributed by atoms with Crippen molar-refractivity contribution in [2.75, 3.05) is 18.0 Å². The van der Waals surface area contributed by atoms with Gasteiger partial charge in [0, 0.05) is 25.6 Å². The minimum absolute atomic E-state index is 0.0413. The maximum Gasteiger partial charge on any atom is 0.266 e. The molecule has 3 rings (SSSR count). The van der Waals surface area contributed by atoms with Gasteiger partial charge in [-0.15, -0.1) is 0 Å². The van der Waals surface area contributed by atoms with Crippen molar-refractivity contribution in [1.82, 2.24) is 9.97 Å². The molecule has 25 heavy (non-hydrogen) atoms. The highest BCUT2D eigenvalue weighted by Crippen LogP contribution is 2.21. The Kier molecular flexibility index (Phi) is 5.16. The van der Waals surface area contributed by atoms with Gasteiger partial charge in [0.2, 0.25) is 5.95 Å². The van der Waals surface area contributed by atoms with E-state index in [1.807, 2.05) is 11.0 Å². The summed E-state index contributed by atoms with van der Waals surface area (Å²) in [6.07, 6.45) is 2.05. The van der Waals surface area contributed by atoms with Crippen molar-refractivity contribution in [2.24, 2.45) is 5.73 Å². The molecule has 0 saturated carbocycles. The molecule has 3 N–H and O–H groups in total. The van der Waals surface area contributed by atoms with Crippen LogP contribution in [0.4, 0.5) is 10.3 Å². The molecule has 2 aromatic rings. The Balaban J connectivity index is 1.98. The number of nitrogens with two attached hydrogens (primary N) is 1. The summed E-state index contributed by atoms with van der Waals surface area (Å²) >= 11 is 3.25. The zero-order valence-corrected chi connectivity index (χ0v) is 15.0. The molecule has 1 aliphatic rings. The predicted octanol–water partition coefficient (Wildman–Crippen LogP) is 2.06. The summed E-state index contributed by atoms with van der Waals surface area (Å²) < 4.78 is 13.8. The molecule has 8 heteroatoms. The maximum atomic E-state index is 13.5. The smallest absolute Gasteiger partial charge is 0.266 e. The summed E-state index contributed by atoms with van der Waals surface area (Å²) in [4.78, 5) is 21.5. The quantitative estimate of drug-likeness (QED) is 0.813. The second-order valence-electron chi connectivity index (χ2n) is 6.09. The van der Waals surface area contributed by atoms with Crippen LogP contribution in [-0.4, -0.2) is 29.1 Å². The fourth-order valence-corrected chi connectivity index (χ4v) is 3.29. The van der Waals surface area contributed by atoms with E-state index < -0.39 is 5.82 Å². The van der Waals surface area contributed by atoms with Gasteiger partial charge in [-0.25, -0.2) is 9.37 Å². The molecule has 0 aliphatic carbocycles. The van der Waals surface area contributed by atoms with Crippen LogP contribution in [0.3, 0.4) is 0 Å². The Labute approximate surface area is 152 Å². The zero-order valence-electron chi connectivity index (χ0n) is 13.4. The van der Waals surface area contributed by atoms with Gasteiger partial charge < -0.3 is 10.6 Å². The average molecular weight is 406 g/mol. The van der Waals surface area contributed by atoms with Crippen molar-refractivity contribution < 1.29 is 4.39 Å². The van der Waals surface area contributed by atoms with Gasteiger partial charge in [-0.2, -0.15) is 5.26 Å². The molecule has 1 saturated heterocycles. The van der Waals surface area contributed by atoms with Crippen molar-refractivity contribution in [3.05, 3.63) is 55.7 Å². The number of aromatic amines is 1. The van der Waals surface area contributed by atoms with Crippen LogP contribution in [-0.2, 0) is 6.42 Å². The molecule has 2 heterocycles. The predicted molar refractivity (Wildman–Crippen MR) is 95.9 cm³/mol. The molecule has 130 valence electrons. The first-order valence-corrected chi connectivity index (χ1v) is 8.75. The number of nitrogens with one attached hydrogen (secondary N) is 1. The molecule has 1 aromatic heterocycles. The van der Waals surface area contributed by atoms with E-state index in [1.165, 1.54) is 18.2 Å². The van der Waals surface area contributed by atoms with E-state index >= 15 is 0 Å². The first-order chi connectivity index (χ1) is 12.0. The van der Waals surface area contributed by atoms with E-state index in [1.54, 1.807) is 0 Å². The van der Waals surface area contributed by atoms with E-state index in [0.717, 1.165) is 19.4 Å². The summed E-state index contributed by atoms with van der Waals surface area (Å²) in [5, 5.41) is 9.20. The number of aromatic nitrogens is 2. The fourth-order valence-electron chi connectivity index (χ4n) is 2.96. The van der Waals surface area contributed by atoms with Crippen LogP contribution < -0.4 is 16.2 Å². The van der Waals surface area contributed by atoms with Gasteiger partial charge in [-0.05, 0) is 52.5 Å². The first-order valence-electron chi connectivity index (χ1n) is 7.95. The normalized spacial score (nSPS) is 17.4. The summed E-state index contributed by atoms with van der Waals surface area (Å²) in [6, 6.07) is 6.04. The Morgan fingerprint density at radius 1 is 1.52 bits per heavy atom. The second kappa shape index (κ2) is 7.33. The molecular formula is C17H17BrFN5O. The number of nitriles is 1. The van der Waals surface area contributed by atoms with Crippen molar-refractivity contribution in [3.63, 3.8) is 0 Å². The number of anilines is 1. The van der Waals surface area contributed by atoms with Gasteiger partial charge in [0.1, 0.15) is 10.3 Å². The minimum atomic E-state index is -0.433. The molecular weight excluding hydrogens is 389 g/mol. The third-order valence-electron chi connectivity index (χ3n) is 4.22. The third kappa shape index (κ3) is 3.89. The number of halogens is 2. The van der Waals surface area contributed by atoms with Gasteiger partial charge in [-0.1, -0.05) is 0 Å². The van der Waals surface area contributed by atoms with Crippen LogP contribution in [0.25, 0.3) is 0 Å². The lowest BCUT2D eigenvalue weighted by Gasteiger charge is -2.31. The highest BCUT2D eigenvalue weighted by atomic mass is 79.9. The van der Waals surface area contributed by atoms with Crippen LogP contribution in [0.1, 0.15) is 29.7 Å². The molecule has 0 spiro atoms. The van der Waals surface area contributed by atoms with E-state index in [4.69, 9.17) is 5.73 Å². The topological polar surface area (TPSA) is 98.8 Å². The number of H-pyrrole nitrogens is 1. The summed E-state index contributed by atoms with van der Waals surface area (Å²) in [5.41, 5.74) is 6.99. The van der Waals surface area contributed by atoms with Crippen molar-refractivity contribution in [3.8, 4) is 6.07 Å². The largest absolute Gasteiger partial charge is 0.341 e. The SMILES string of the molecule is N#Cc1ccc(F)cc1Cc1nc(N2CCC[C@@H](N)C2)[nH]c(=O)c1Br.